The van der Waals surface area contributed by atoms with Crippen molar-refractivity contribution >= 4 is 11.0 Å². The largest absolute Gasteiger partial charge is 0.480 e. The highest BCUT2D eigenvalue weighted by Gasteiger charge is 2.41. The van der Waals surface area contributed by atoms with Crippen LogP contribution in [0.5, 0.6) is 5.88 Å². The van der Waals surface area contributed by atoms with E-state index in [1.54, 1.807) is 15.4 Å². The summed E-state index contributed by atoms with van der Waals surface area (Å²) in [6.45, 7) is 0.190. The molecule has 0 amide bonds. The van der Waals surface area contributed by atoms with E-state index in [0.29, 0.717) is 35.3 Å². The maximum Gasteiger partial charge on any atom is 0.435 e. The first-order chi connectivity index (χ1) is 19.4. The van der Waals surface area contributed by atoms with Crippen molar-refractivity contribution in [2.45, 2.75) is 56.8 Å². The van der Waals surface area contributed by atoms with E-state index in [1.165, 1.54) is 13.4 Å². The van der Waals surface area contributed by atoms with E-state index in [4.69, 9.17) is 14.8 Å². The minimum atomic E-state index is -4.61. The van der Waals surface area contributed by atoms with Gasteiger partial charge in [0.25, 0.3) is 0 Å². The quantitative estimate of drug-likeness (QED) is 0.279. The van der Waals surface area contributed by atoms with Crippen molar-refractivity contribution in [2.24, 2.45) is 0 Å². The third-order valence-electron chi connectivity index (χ3n) is 7.93. The number of hydrogen-bond donors (Lipinski definition) is 0. The maximum atomic E-state index is 14.3. The number of aromatic nitrogens is 8. The van der Waals surface area contributed by atoms with Gasteiger partial charge in [0.1, 0.15) is 17.7 Å². The van der Waals surface area contributed by atoms with Crippen LogP contribution >= 0.6 is 0 Å². The lowest BCUT2D eigenvalue weighted by Crippen LogP contribution is -2.16. The van der Waals surface area contributed by atoms with Gasteiger partial charge in [0.05, 0.1) is 42.7 Å². The lowest BCUT2D eigenvalue weighted by atomic mass is 10.1. The molecule has 4 aromatic heterocycles. The average Bonchev–Trinajstić information content (AvgIpc) is 3.88. The first-order valence-corrected chi connectivity index (χ1v) is 13.3. The summed E-state index contributed by atoms with van der Waals surface area (Å²) in [5, 5.41) is 5.56. The highest BCUT2D eigenvalue weighted by atomic mass is 19.4. The molecule has 0 saturated heterocycles. The first kappa shape index (κ1) is 23.5. The van der Waals surface area contributed by atoms with Gasteiger partial charge in [-0.3, -0.25) is 0 Å². The monoisotopic (exact) mass is 544 g/mol. The SMILES string of the molecule is COc1ncnc(C2CC2)c1-c1ncc2c(C3CC3)nn(Cc3c(C(F)(F)F)nc4n3Cc3ccccc3-4)c2n1. The molecule has 1 aromatic carbocycles. The zero-order valence-corrected chi connectivity index (χ0v) is 21.5. The molecule has 0 atom stereocenters. The Labute approximate surface area is 226 Å². The smallest absolute Gasteiger partial charge is 0.435 e. The Morgan fingerprint density at radius 2 is 1.75 bits per heavy atom. The Balaban J connectivity index is 1.30. The third kappa shape index (κ3) is 3.61. The van der Waals surface area contributed by atoms with Gasteiger partial charge in [0.2, 0.25) is 5.88 Å². The van der Waals surface area contributed by atoms with Crippen LogP contribution in [0.3, 0.4) is 0 Å². The molecule has 3 aliphatic rings. The van der Waals surface area contributed by atoms with Crippen LogP contribution in [0.4, 0.5) is 13.2 Å². The fraction of sp³-hybridized carbons (Fsp3) is 0.357. The molecule has 5 heterocycles. The number of fused-ring (bicyclic) bond motifs is 4. The van der Waals surface area contributed by atoms with Crippen LogP contribution in [-0.2, 0) is 19.3 Å². The molecule has 5 aromatic rings. The molecule has 202 valence electrons. The van der Waals surface area contributed by atoms with Gasteiger partial charge in [0, 0.05) is 23.6 Å². The third-order valence-corrected chi connectivity index (χ3v) is 7.93. The van der Waals surface area contributed by atoms with Crippen molar-refractivity contribution in [2.75, 3.05) is 7.11 Å². The summed E-state index contributed by atoms with van der Waals surface area (Å²) in [4.78, 5) is 22.4. The van der Waals surface area contributed by atoms with Crippen LogP contribution in [0.15, 0.2) is 36.8 Å². The van der Waals surface area contributed by atoms with E-state index < -0.39 is 11.9 Å². The van der Waals surface area contributed by atoms with Gasteiger partial charge in [-0.25, -0.2) is 29.6 Å². The predicted molar refractivity (Wildman–Crippen MR) is 138 cm³/mol. The number of methoxy groups -OCH3 is 1. The van der Waals surface area contributed by atoms with Gasteiger partial charge in [-0.1, -0.05) is 24.3 Å². The average molecular weight is 545 g/mol. The number of hydrogen-bond acceptors (Lipinski definition) is 7. The predicted octanol–water partition coefficient (Wildman–Crippen LogP) is 5.34. The number of benzene rings is 1. The number of ether oxygens (including phenoxy) is 1. The Morgan fingerprint density at radius 1 is 0.975 bits per heavy atom. The van der Waals surface area contributed by atoms with Gasteiger partial charge in [-0.05, 0) is 31.2 Å². The lowest BCUT2D eigenvalue weighted by Gasteiger charge is -2.12. The fourth-order valence-corrected chi connectivity index (χ4v) is 5.72. The van der Waals surface area contributed by atoms with E-state index in [9.17, 15) is 13.2 Å². The molecule has 0 unspecified atom stereocenters. The second-order valence-corrected chi connectivity index (χ2v) is 10.6. The standard InChI is InChI=1S/C28H23F3N8O/c1-40-27-20(22(15-8-9-15)33-13-34-27)24-32-10-18-21(14-6-7-14)37-39(26(18)36-24)12-19-23(28(29,30)31)35-25-17-5-3-2-4-16(17)11-38(19)25/h2-5,10,13-15H,6-9,11-12H2,1H3. The molecule has 0 N–H and O–H groups in total. The van der Waals surface area contributed by atoms with Gasteiger partial charge in [-0.15, -0.1) is 0 Å². The van der Waals surface area contributed by atoms with E-state index in [-0.39, 0.29) is 24.1 Å². The summed E-state index contributed by atoms with van der Waals surface area (Å²) in [5.74, 6) is 1.60. The van der Waals surface area contributed by atoms with Crippen LogP contribution in [0.1, 0.15) is 65.9 Å². The van der Waals surface area contributed by atoms with Gasteiger partial charge in [-0.2, -0.15) is 18.3 Å². The molecule has 0 spiro atoms. The molecule has 1 aliphatic heterocycles. The van der Waals surface area contributed by atoms with E-state index in [0.717, 1.165) is 53.6 Å². The van der Waals surface area contributed by atoms with Crippen LogP contribution in [0, 0.1) is 0 Å². The molecule has 0 bridgehead atoms. The number of nitrogens with zero attached hydrogens (tertiary/aromatic N) is 8. The number of alkyl halides is 3. The van der Waals surface area contributed by atoms with Crippen molar-refractivity contribution in [3.63, 3.8) is 0 Å². The number of halogens is 3. The lowest BCUT2D eigenvalue weighted by molar-refractivity contribution is -0.141. The molecule has 12 heteroatoms. The Kier molecular flexibility index (Phi) is 4.90. The Morgan fingerprint density at radius 3 is 2.50 bits per heavy atom. The molecular formula is C28H23F3N8O. The first-order valence-electron chi connectivity index (χ1n) is 13.3. The molecule has 2 fully saturated rings. The van der Waals surface area contributed by atoms with E-state index >= 15 is 0 Å². The highest BCUT2D eigenvalue weighted by Crippen LogP contribution is 2.46. The molecule has 2 saturated carbocycles. The summed E-state index contributed by atoms with van der Waals surface area (Å²) < 4.78 is 51.6. The van der Waals surface area contributed by atoms with Gasteiger partial charge in [0.15, 0.2) is 17.2 Å². The summed E-state index contributed by atoms with van der Waals surface area (Å²) in [7, 11) is 1.54. The van der Waals surface area contributed by atoms with Crippen molar-refractivity contribution in [3.8, 4) is 28.7 Å². The number of imidazole rings is 1. The minimum Gasteiger partial charge on any atom is -0.480 e. The summed E-state index contributed by atoms with van der Waals surface area (Å²) in [5.41, 5.74) is 3.56. The molecule has 40 heavy (non-hydrogen) atoms. The molecular weight excluding hydrogens is 521 g/mol. The highest BCUT2D eigenvalue weighted by molar-refractivity contribution is 5.81. The Bertz CT molecular complexity index is 1820. The fourth-order valence-electron chi connectivity index (χ4n) is 5.72. The number of rotatable bonds is 6. The summed E-state index contributed by atoms with van der Waals surface area (Å²) >= 11 is 0. The van der Waals surface area contributed by atoms with Crippen molar-refractivity contribution in [3.05, 3.63) is 65.1 Å². The molecule has 9 nitrogen and oxygen atoms in total. The summed E-state index contributed by atoms with van der Waals surface area (Å²) in [6.07, 6.45) is 2.55. The van der Waals surface area contributed by atoms with Crippen molar-refractivity contribution < 1.29 is 17.9 Å². The van der Waals surface area contributed by atoms with Crippen molar-refractivity contribution in [1.82, 2.24) is 39.3 Å². The van der Waals surface area contributed by atoms with Crippen LogP contribution in [0.2, 0.25) is 0 Å². The van der Waals surface area contributed by atoms with E-state index in [1.807, 2.05) is 24.3 Å². The molecule has 2 aliphatic carbocycles. The van der Waals surface area contributed by atoms with Gasteiger partial charge < -0.3 is 9.30 Å². The maximum absolute atomic E-state index is 14.3. The topological polar surface area (TPSA) is 96.4 Å². The van der Waals surface area contributed by atoms with Crippen LogP contribution < -0.4 is 4.74 Å². The second kappa shape index (κ2) is 8.33. The normalized spacial score (nSPS) is 16.4. The van der Waals surface area contributed by atoms with E-state index in [2.05, 4.69) is 19.9 Å². The molecule has 8 rings (SSSR count). The zero-order valence-electron chi connectivity index (χ0n) is 21.5. The van der Waals surface area contributed by atoms with Gasteiger partial charge >= 0.3 is 6.18 Å². The zero-order chi connectivity index (χ0) is 27.2. The van der Waals surface area contributed by atoms with Crippen molar-refractivity contribution in [1.29, 1.82) is 0 Å². The van der Waals surface area contributed by atoms with Crippen LogP contribution in [0.25, 0.3) is 33.8 Å². The molecule has 0 radical (unpaired) electrons. The summed E-state index contributed by atoms with van der Waals surface area (Å²) in [6, 6.07) is 7.43. The second-order valence-electron chi connectivity index (χ2n) is 10.6. The minimum absolute atomic E-state index is 0.0601. The Hall–Kier alpha value is -4.35. The van der Waals surface area contributed by atoms with Crippen LogP contribution in [-0.4, -0.2) is 46.4 Å².